The molecule has 2 aromatic carbocycles. The molecule has 5 heteroatoms. The van der Waals surface area contributed by atoms with Crippen LogP contribution in [0, 0.1) is 11.6 Å². The highest BCUT2D eigenvalue weighted by molar-refractivity contribution is 9.08. The van der Waals surface area contributed by atoms with Gasteiger partial charge in [0, 0.05) is 5.33 Å². The van der Waals surface area contributed by atoms with Crippen molar-refractivity contribution in [3.63, 3.8) is 0 Å². The number of ether oxygens (including phenoxy) is 1. The summed E-state index contributed by atoms with van der Waals surface area (Å²) in [6, 6.07) is 8.83. The van der Waals surface area contributed by atoms with Crippen LogP contribution < -0.4 is 4.74 Å². The van der Waals surface area contributed by atoms with Crippen LogP contribution in [0.3, 0.4) is 0 Å². The summed E-state index contributed by atoms with van der Waals surface area (Å²) >= 11 is 9.28. The first-order chi connectivity index (χ1) is 8.61. The van der Waals surface area contributed by atoms with Crippen LogP contribution in [0.4, 0.5) is 8.78 Å². The smallest absolute Gasteiger partial charge is 0.201 e. The van der Waals surface area contributed by atoms with Crippen LogP contribution in [0.5, 0.6) is 11.5 Å². The fourth-order valence-corrected chi connectivity index (χ4v) is 1.98. The van der Waals surface area contributed by atoms with E-state index in [0.717, 1.165) is 11.6 Å². The molecule has 2 rings (SSSR count). The van der Waals surface area contributed by atoms with E-state index < -0.39 is 11.6 Å². The van der Waals surface area contributed by atoms with E-state index in [1.165, 1.54) is 12.1 Å². The number of hydrogen-bond acceptors (Lipinski definition) is 1. The maximum atomic E-state index is 13.4. The Kier molecular flexibility index (Phi) is 4.19. The van der Waals surface area contributed by atoms with Crippen molar-refractivity contribution in [1.29, 1.82) is 0 Å². The predicted octanol–water partition coefficient (Wildman–Crippen LogP) is 5.31. The van der Waals surface area contributed by atoms with Crippen LogP contribution in [0.15, 0.2) is 36.4 Å². The van der Waals surface area contributed by atoms with Crippen LogP contribution in [0.2, 0.25) is 5.02 Å². The summed E-state index contributed by atoms with van der Waals surface area (Å²) in [6.45, 7) is 0. The summed E-state index contributed by atoms with van der Waals surface area (Å²) in [5.41, 5.74) is 0.965. The average Bonchev–Trinajstić information content (AvgIpc) is 2.37. The number of hydrogen-bond donors (Lipinski definition) is 0. The Balaban J connectivity index is 2.31. The van der Waals surface area contributed by atoms with Crippen molar-refractivity contribution in [3.05, 3.63) is 58.6 Å². The number of rotatable bonds is 3. The fraction of sp³-hybridized carbons (Fsp3) is 0.0769. The summed E-state index contributed by atoms with van der Waals surface area (Å²) in [7, 11) is 0. The molecule has 0 radical (unpaired) electrons. The standard InChI is InChI=1S/C13H8BrClF2O/c14-7-8-4-5-11(9(15)6-8)18-12-3-1-2-10(16)13(12)17/h1-6H,7H2. The molecule has 18 heavy (non-hydrogen) atoms. The SMILES string of the molecule is Fc1cccc(Oc2ccc(CBr)cc2Cl)c1F. The Morgan fingerprint density at radius 2 is 1.89 bits per heavy atom. The van der Waals surface area contributed by atoms with Crippen molar-refractivity contribution < 1.29 is 13.5 Å². The van der Waals surface area contributed by atoms with Gasteiger partial charge in [-0.2, -0.15) is 4.39 Å². The van der Waals surface area contributed by atoms with Gasteiger partial charge in [-0.05, 0) is 29.8 Å². The predicted molar refractivity (Wildman–Crippen MR) is 70.5 cm³/mol. The molecule has 94 valence electrons. The molecule has 0 atom stereocenters. The first kappa shape index (κ1) is 13.3. The van der Waals surface area contributed by atoms with Gasteiger partial charge >= 0.3 is 0 Å². The van der Waals surface area contributed by atoms with Gasteiger partial charge in [-0.25, -0.2) is 4.39 Å². The zero-order chi connectivity index (χ0) is 13.1. The molecule has 0 aromatic heterocycles. The van der Waals surface area contributed by atoms with E-state index in [1.807, 2.05) is 0 Å². The molecule has 0 amide bonds. The molecule has 0 saturated heterocycles. The molecule has 0 N–H and O–H groups in total. The van der Waals surface area contributed by atoms with E-state index in [0.29, 0.717) is 10.4 Å². The first-order valence-corrected chi connectivity index (χ1v) is 6.58. The van der Waals surface area contributed by atoms with Crippen LogP contribution in [-0.4, -0.2) is 0 Å². The van der Waals surface area contributed by atoms with Gasteiger partial charge in [0.25, 0.3) is 0 Å². The monoisotopic (exact) mass is 332 g/mol. The minimum absolute atomic E-state index is 0.191. The van der Waals surface area contributed by atoms with Gasteiger partial charge in [-0.15, -0.1) is 0 Å². The Morgan fingerprint density at radius 1 is 1.11 bits per heavy atom. The minimum Gasteiger partial charge on any atom is -0.453 e. The molecule has 0 aliphatic heterocycles. The number of alkyl halides is 1. The molecule has 1 nitrogen and oxygen atoms in total. The molecule has 0 spiro atoms. The van der Waals surface area contributed by atoms with Crippen molar-refractivity contribution in [2.24, 2.45) is 0 Å². The van der Waals surface area contributed by atoms with Crippen molar-refractivity contribution in [2.45, 2.75) is 5.33 Å². The Bertz CT molecular complexity index is 575. The third-order valence-electron chi connectivity index (χ3n) is 2.29. The van der Waals surface area contributed by atoms with Gasteiger partial charge in [-0.1, -0.05) is 39.7 Å². The summed E-state index contributed by atoms with van der Waals surface area (Å²) in [5.74, 6) is -1.90. The highest BCUT2D eigenvalue weighted by Gasteiger charge is 2.11. The van der Waals surface area contributed by atoms with Crippen LogP contribution in [0.1, 0.15) is 5.56 Å². The second-order valence-corrected chi connectivity index (χ2v) is 4.52. The summed E-state index contributed by atoms with van der Waals surface area (Å²) in [5, 5.41) is 0.997. The van der Waals surface area contributed by atoms with Gasteiger partial charge in [0.1, 0.15) is 5.75 Å². The maximum Gasteiger partial charge on any atom is 0.201 e. The largest absolute Gasteiger partial charge is 0.453 e. The van der Waals surface area contributed by atoms with Gasteiger partial charge in [-0.3, -0.25) is 0 Å². The van der Waals surface area contributed by atoms with Crippen LogP contribution in [0.25, 0.3) is 0 Å². The van der Waals surface area contributed by atoms with Crippen LogP contribution >= 0.6 is 27.5 Å². The van der Waals surface area contributed by atoms with E-state index in [1.54, 1.807) is 18.2 Å². The molecule has 0 aliphatic carbocycles. The third kappa shape index (κ3) is 2.82. The average molecular weight is 334 g/mol. The molecule has 0 saturated carbocycles. The Morgan fingerprint density at radius 3 is 2.56 bits per heavy atom. The first-order valence-electron chi connectivity index (χ1n) is 5.08. The lowest BCUT2D eigenvalue weighted by atomic mass is 10.2. The normalized spacial score (nSPS) is 10.4. The van der Waals surface area contributed by atoms with E-state index in [4.69, 9.17) is 16.3 Å². The molecule has 0 unspecified atom stereocenters. The molecular formula is C13H8BrClF2O. The van der Waals surface area contributed by atoms with E-state index in [-0.39, 0.29) is 11.5 Å². The second kappa shape index (κ2) is 5.67. The van der Waals surface area contributed by atoms with E-state index in [9.17, 15) is 8.78 Å². The van der Waals surface area contributed by atoms with Crippen molar-refractivity contribution in [2.75, 3.05) is 0 Å². The topological polar surface area (TPSA) is 9.23 Å². The number of halogens is 4. The zero-order valence-corrected chi connectivity index (χ0v) is 11.4. The minimum atomic E-state index is -1.03. The molecular weight excluding hydrogens is 325 g/mol. The van der Waals surface area contributed by atoms with Crippen molar-refractivity contribution in [1.82, 2.24) is 0 Å². The molecule has 0 aliphatic rings. The second-order valence-electron chi connectivity index (χ2n) is 3.55. The lowest BCUT2D eigenvalue weighted by molar-refractivity contribution is 0.416. The van der Waals surface area contributed by atoms with E-state index >= 15 is 0 Å². The van der Waals surface area contributed by atoms with E-state index in [2.05, 4.69) is 15.9 Å². The molecule has 0 heterocycles. The quantitative estimate of drug-likeness (QED) is 0.692. The van der Waals surface area contributed by atoms with Crippen LogP contribution in [-0.2, 0) is 5.33 Å². The molecule has 0 fully saturated rings. The zero-order valence-electron chi connectivity index (χ0n) is 9.09. The molecule has 0 bridgehead atoms. The number of benzene rings is 2. The summed E-state index contributed by atoms with van der Waals surface area (Å²) < 4.78 is 31.7. The summed E-state index contributed by atoms with van der Waals surface area (Å²) in [6.07, 6.45) is 0. The van der Waals surface area contributed by atoms with Gasteiger partial charge < -0.3 is 4.74 Å². The molecule has 2 aromatic rings. The highest BCUT2D eigenvalue weighted by atomic mass is 79.9. The van der Waals surface area contributed by atoms with Gasteiger partial charge in [0.05, 0.1) is 5.02 Å². The summed E-state index contributed by atoms with van der Waals surface area (Å²) in [4.78, 5) is 0. The van der Waals surface area contributed by atoms with Gasteiger partial charge in [0.15, 0.2) is 11.6 Å². The lowest BCUT2D eigenvalue weighted by Gasteiger charge is -2.09. The third-order valence-corrected chi connectivity index (χ3v) is 3.23. The Labute approximate surface area is 116 Å². The lowest BCUT2D eigenvalue weighted by Crippen LogP contribution is -1.92. The van der Waals surface area contributed by atoms with Crippen molar-refractivity contribution in [3.8, 4) is 11.5 Å². The van der Waals surface area contributed by atoms with Crippen molar-refractivity contribution >= 4 is 27.5 Å². The van der Waals surface area contributed by atoms with Gasteiger partial charge in [0.2, 0.25) is 5.82 Å². The Hall–Kier alpha value is -1.13. The highest BCUT2D eigenvalue weighted by Crippen LogP contribution is 2.32. The fourth-order valence-electron chi connectivity index (χ4n) is 1.39. The maximum absolute atomic E-state index is 13.4.